The molecule has 1 aliphatic rings. The molecule has 1 aliphatic heterocycles. The molecule has 0 unspecified atom stereocenters. The Bertz CT molecular complexity index is 793. The maximum absolute atomic E-state index is 13.2. The van der Waals surface area contributed by atoms with Gasteiger partial charge in [-0.15, -0.1) is 0 Å². The molecule has 0 saturated carbocycles. The van der Waals surface area contributed by atoms with E-state index in [1.165, 1.54) is 0 Å². The monoisotopic (exact) mass is 418 g/mol. The number of hydrogen-bond donors (Lipinski definition) is 1. The summed E-state index contributed by atoms with van der Waals surface area (Å²) in [5.41, 5.74) is 0. The molecular formula is C18H24F2N2O5S. The summed E-state index contributed by atoms with van der Waals surface area (Å²) in [6.07, 6.45) is 4.86. The Kier molecular flexibility index (Phi) is 8.31. The van der Waals surface area contributed by atoms with Crippen molar-refractivity contribution in [1.82, 2.24) is 9.62 Å². The van der Waals surface area contributed by atoms with Gasteiger partial charge < -0.3 is 9.64 Å². The van der Waals surface area contributed by atoms with Gasteiger partial charge in [-0.2, -0.15) is 0 Å². The van der Waals surface area contributed by atoms with Gasteiger partial charge in [0.25, 0.3) is 5.91 Å². The van der Waals surface area contributed by atoms with Gasteiger partial charge in [0.1, 0.15) is 0 Å². The van der Waals surface area contributed by atoms with Crippen molar-refractivity contribution in [3.8, 4) is 0 Å². The molecule has 28 heavy (non-hydrogen) atoms. The molecule has 10 heteroatoms. The van der Waals surface area contributed by atoms with Gasteiger partial charge in [0.2, 0.25) is 10.0 Å². The second kappa shape index (κ2) is 10.5. The molecule has 1 heterocycles. The van der Waals surface area contributed by atoms with Crippen LogP contribution in [0.4, 0.5) is 8.78 Å². The maximum Gasteiger partial charge on any atom is 0.307 e. The molecule has 1 N–H and O–H groups in total. The topological polar surface area (TPSA) is 92.8 Å². The molecule has 1 amide bonds. The highest BCUT2D eigenvalue weighted by Gasteiger charge is 2.19. The third-order valence-electron chi connectivity index (χ3n) is 4.39. The molecule has 1 aromatic rings. The van der Waals surface area contributed by atoms with Crippen LogP contribution in [-0.4, -0.2) is 51.4 Å². The minimum Gasteiger partial charge on any atom is -0.456 e. The van der Waals surface area contributed by atoms with Crippen LogP contribution < -0.4 is 4.72 Å². The largest absolute Gasteiger partial charge is 0.456 e. The number of likely N-dealkylation sites (tertiary alicyclic amines) is 1. The molecule has 1 saturated heterocycles. The summed E-state index contributed by atoms with van der Waals surface area (Å²) in [5.74, 6) is -3.44. The lowest BCUT2D eigenvalue weighted by Gasteiger charge is -2.24. The summed E-state index contributed by atoms with van der Waals surface area (Å²) < 4.78 is 57.1. The van der Waals surface area contributed by atoms with Crippen LogP contribution in [0.1, 0.15) is 38.5 Å². The first-order chi connectivity index (χ1) is 13.3. The fourth-order valence-corrected chi connectivity index (χ4v) is 3.86. The van der Waals surface area contributed by atoms with Crippen molar-refractivity contribution >= 4 is 21.9 Å². The number of nitrogens with one attached hydrogen (secondary N) is 1. The Hall–Kier alpha value is -2.07. The molecule has 7 nitrogen and oxygen atoms in total. The summed E-state index contributed by atoms with van der Waals surface area (Å²) in [5, 5.41) is 0. The molecular weight excluding hydrogens is 394 g/mol. The predicted molar refractivity (Wildman–Crippen MR) is 96.8 cm³/mol. The molecule has 1 fully saturated rings. The molecule has 1 aromatic carbocycles. The number of carbonyl (C=O) groups excluding carboxylic acids is 2. The summed E-state index contributed by atoms with van der Waals surface area (Å²) in [6.45, 7) is 0.613. The van der Waals surface area contributed by atoms with Crippen molar-refractivity contribution in [2.45, 2.75) is 43.4 Å². The van der Waals surface area contributed by atoms with Gasteiger partial charge >= 0.3 is 5.97 Å². The third-order valence-corrected chi connectivity index (χ3v) is 5.85. The van der Waals surface area contributed by atoms with Crippen LogP contribution in [0.2, 0.25) is 0 Å². The van der Waals surface area contributed by atoms with E-state index in [9.17, 15) is 26.8 Å². The Labute approximate surface area is 163 Å². The molecule has 0 bridgehead atoms. The zero-order valence-electron chi connectivity index (χ0n) is 15.5. The second-order valence-corrected chi connectivity index (χ2v) is 8.30. The van der Waals surface area contributed by atoms with Gasteiger partial charge in [0, 0.05) is 19.6 Å². The first kappa shape index (κ1) is 22.2. The van der Waals surface area contributed by atoms with E-state index in [4.69, 9.17) is 4.74 Å². The molecule has 156 valence electrons. The highest BCUT2D eigenvalue weighted by molar-refractivity contribution is 7.89. The fraction of sp³-hybridized carbons (Fsp3) is 0.556. The van der Waals surface area contributed by atoms with Crippen molar-refractivity contribution in [2.75, 3.05) is 26.2 Å². The highest BCUT2D eigenvalue weighted by atomic mass is 32.2. The lowest BCUT2D eigenvalue weighted by molar-refractivity contribution is -0.152. The van der Waals surface area contributed by atoms with Gasteiger partial charge in [-0.05, 0) is 31.0 Å². The summed E-state index contributed by atoms with van der Waals surface area (Å²) in [7, 11) is -4.09. The predicted octanol–water partition coefficient (Wildman–Crippen LogP) is 1.97. The lowest BCUT2D eigenvalue weighted by Crippen LogP contribution is -2.37. The average Bonchev–Trinajstić information content (AvgIpc) is 2.61. The quantitative estimate of drug-likeness (QED) is 0.684. The second-order valence-electron chi connectivity index (χ2n) is 6.53. The lowest BCUT2D eigenvalue weighted by atomic mass is 10.1. The standard InChI is InChI=1S/C18H24F2N2O5S/c19-15-7-6-14(12-16(15)20)28(25,26)21-9-8-18(24)27-13-17(23)22-10-4-2-1-3-5-11-22/h6-7,12,21H,1-5,8-11,13H2. The van der Waals surface area contributed by atoms with E-state index in [0.29, 0.717) is 25.2 Å². The number of carbonyl (C=O) groups is 2. The maximum atomic E-state index is 13.2. The molecule has 0 spiro atoms. The van der Waals surface area contributed by atoms with Crippen LogP contribution in [0.3, 0.4) is 0 Å². The van der Waals surface area contributed by atoms with E-state index in [2.05, 4.69) is 4.72 Å². The van der Waals surface area contributed by atoms with Gasteiger partial charge in [-0.3, -0.25) is 9.59 Å². The van der Waals surface area contributed by atoms with Crippen LogP contribution >= 0.6 is 0 Å². The number of halogens is 2. The molecule has 0 aromatic heterocycles. The van der Waals surface area contributed by atoms with Crippen LogP contribution in [0.25, 0.3) is 0 Å². The molecule has 0 aliphatic carbocycles. The minimum absolute atomic E-state index is 0.266. The van der Waals surface area contributed by atoms with E-state index >= 15 is 0 Å². The Morgan fingerprint density at radius 3 is 2.32 bits per heavy atom. The van der Waals surface area contributed by atoms with E-state index in [0.717, 1.165) is 38.2 Å². The molecule has 0 atom stereocenters. The zero-order valence-corrected chi connectivity index (χ0v) is 16.3. The first-order valence-corrected chi connectivity index (χ1v) is 10.7. The zero-order chi connectivity index (χ0) is 20.6. The van der Waals surface area contributed by atoms with E-state index in [1.54, 1.807) is 4.90 Å². The number of esters is 1. The Balaban J connectivity index is 1.74. The minimum atomic E-state index is -4.09. The van der Waals surface area contributed by atoms with E-state index in [1.807, 2.05) is 0 Å². The smallest absolute Gasteiger partial charge is 0.307 e. The number of amides is 1. The van der Waals surface area contributed by atoms with E-state index in [-0.39, 0.29) is 25.5 Å². The number of rotatable bonds is 7. The normalized spacial score (nSPS) is 15.6. The molecule has 0 radical (unpaired) electrons. The van der Waals surface area contributed by atoms with Crippen LogP contribution in [0.15, 0.2) is 23.1 Å². The van der Waals surface area contributed by atoms with Gasteiger partial charge in [0.15, 0.2) is 18.2 Å². The van der Waals surface area contributed by atoms with Crippen LogP contribution in [0, 0.1) is 11.6 Å². The highest BCUT2D eigenvalue weighted by Crippen LogP contribution is 2.14. The number of nitrogens with zero attached hydrogens (tertiary/aromatic N) is 1. The Morgan fingerprint density at radius 1 is 1.04 bits per heavy atom. The van der Waals surface area contributed by atoms with Crippen molar-refractivity contribution in [1.29, 1.82) is 0 Å². The average molecular weight is 418 g/mol. The number of benzene rings is 1. The van der Waals surface area contributed by atoms with Gasteiger partial charge in [-0.25, -0.2) is 21.9 Å². The first-order valence-electron chi connectivity index (χ1n) is 9.18. The van der Waals surface area contributed by atoms with Crippen molar-refractivity contribution in [2.24, 2.45) is 0 Å². The summed E-state index contributed by atoms with van der Waals surface area (Å²) >= 11 is 0. The fourth-order valence-electron chi connectivity index (χ4n) is 2.82. The van der Waals surface area contributed by atoms with Crippen LogP contribution in [0.5, 0.6) is 0 Å². The number of ether oxygens (including phenoxy) is 1. The molecule has 2 rings (SSSR count). The number of sulfonamides is 1. The van der Waals surface area contributed by atoms with Crippen molar-refractivity contribution in [3.63, 3.8) is 0 Å². The van der Waals surface area contributed by atoms with Gasteiger partial charge in [0.05, 0.1) is 11.3 Å². The third kappa shape index (κ3) is 6.83. The van der Waals surface area contributed by atoms with Gasteiger partial charge in [-0.1, -0.05) is 19.3 Å². The Morgan fingerprint density at radius 2 is 1.68 bits per heavy atom. The number of hydrogen-bond acceptors (Lipinski definition) is 5. The summed E-state index contributed by atoms with van der Waals surface area (Å²) in [4.78, 5) is 25.1. The van der Waals surface area contributed by atoms with Crippen molar-refractivity contribution in [3.05, 3.63) is 29.8 Å². The SMILES string of the molecule is O=C(CCNS(=O)(=O)c1ccc(F)c(F)c1)OCC(=O)N1CCCCCCC1. The van der Waals surface area contributed by atoms with Crippen molar-refractivity contribution < 1.29 is 31.5 Å². The van der Waals surface area contributed by atoms with E-state index < -0.39 is 32.5 Å². The summed E-state index contributed by atoms with van der Waals surface area (Å²) in [6, 6.07) is 2.17. The van der Waals surface area contributed by atoms with Crippen LogP contribution in [-0.2, 0) is 24.3 Å².